The molecule has 0 bridgehead atoms. The summed E-state index contributed by atoms with van der Waals surface area (Å²) in [4.78, 5) is 0. The molecule has 0 atom stereocenters. The van der Waals surface area contributed by atoms with Crippen LogP contribution < -0.4 is 4.74 Å². The van der Waals surface area contributed by atoms with Crippen LogP contribution in [0.5, 0.6) is 5.75 Å². The summed E-state index contributed by atoms with van der Waals surface area (Å²) in [5, 5.41) is 0. The number of benzene rings is 1. The zero-order chi connectivity index (χ0) is 9.90. The van der Waals surface area contributed by atoms with Gasteiger partial charge >= 0.3 is 6.18 Å². The Morgan fingerprint density at radius 2 is 1.85 bits per heavy atom. The van der Waals surface area contributed by atoms with Crippen molar-refractivity contribution in [2.75, 3.05) is 0 Å². The topological polar surface area (TPSA) is 9.23 Å². The van der Waals surface area contributed by atoms with Gasteiger partial charge < -0.3 is 4.74 Å². The molecule has 0 aliphatic carbocycles. The largest absolute Gasteiger partial charge is 0.420 e. The van der Waals surface area contributed by atoms with Crippen molar-refractivity contribution < 1.29 is 17.9 Å². The lowest BCUT2D eigenvalue weighted by atomic mass is 10.2. The highest BCUT2D eigenvalue weighted by Gasteiger charge is 2.33. The van der Waals surface area contributed by atoms with Crippen molar-refractivity contribution in [3.63, 3.8) is 0 Å². The van der Waals surface area contributed by atoms with Crippen molar-refractivity contribution in [1.29, 1.82) is 0 Å². The molecule has 0 radical (unpaired) electrons. The van der Waals surface area contributed by atoms with Crippen molar-refractivity contribution >= 4 is 0 Å². The van der Waals surface area contributed by atoms with E-state index in [0.29, 0.717) is 0 Å². The maximum absolute atomic E-state index is 12.2. The normalized spacial score (nSPS) is 10.6. The van der Waals surface area contributed by atoms with Crippen LogP contribution >= 0.6 is 0 Å². The average Bonchev–Trinajstić information content (AvgIpc) is 2.04. The quantitative estimate of drug-likeness (QED) is 0.612. The molecule has 0 aromatic heterocycles. The van der Waals surface area contributed by atoms with Gasteiger partial charge in [-0.1, -0.05) is 18.6 Å². The molecule has 1 rings (SSSR count). The van der Waals surface area contributed by atoms with Gasteiger partial charge in [0.25, 0.3) is 0 Å². The van der Waals surface area contributed by atoms with E-state index >= 15 is 0 Å². The van der Waals surface area contributed by atoms with Gasteiger partial charge in [-0.15, -0.1) is 0 Å². The summed E-state index contributed by atoms with van der Waals surface area (Å²) in [6.07, 6.45) is 1.99. The minimum Gasteiger partial charge on any atom is -0.407 e. The van der Waals surface area contributed by atoms with Crippen LogP contribution in [0.3, 0.4) is 0 Å². The van der Waals surface area contributed by atoms with Crippen LogP contribution in [0.4, 0.5) is 13.2 Å². The Bertz CT molecular complexity index is 335. The second kappa shape index (κ2) is 3.40. The van der Waals surface area contributed by atoms with Crippen molar-refractivity contribution in [2.24, 2.45) is 0 Å². The van der Waals surface area contributed by atoms with E-state index in [0.717, 1.165) is 6.07 Å². The third kappa shape index (κ3) is 2.15. The number of alkyl halides is 3. The highest BCUT2D eigenvalue weighted by Crippen LogP contribution is 2.35. The molecule has 0 fully saturated rings. The second-order valence-electron chi connectivity index (χ2n) is 2.21. The van der Waals surface area contributed by atoms with E-state index < -0.39 is 11.7 Å². The predicted octanol–water partition coefficient (Wildman–Crippen LogP) is 2.67. The number of ether oxygens (including phenoxy) is 1. The smallest absolute Gasteiger partial charge is 0.407 e. The Labute approximate surface area is 73.1 Å². The minimum absolute atomic E-state index is 0.350. The molecule has 1 nitrogen and oxygen atoms in total. The van der Waals surface area contributed by atoms with Crippen LogP contribution in [0.25, 0.3) is 0 Å². The molecule has 1 aromatic carbocycles. The fourth-order valence-electron chi connectivity index (χ4n) is 0.853. The van der Waals surface area contributed by atoms with Gasteiger partial charge in [0.05, 0.1) is 5.56 Å². The fourth-order valence-corrected chi connectivity index (χ4v) is 0.853. The zero-order valence-corrected chi connectivity index (χ0v) is 6.43. The lowest BCUT2D eigenvalue weighted by molar-refractivity contribution is -0.138. The molecule has 0 aliphatic heterocycles. The first-order valence-electron chi connectivity index (χ1n) is 3.34. The lowest BCUT2D eigenvalue weighted by Crippen LogP contribution is -2.06. The third-order valence-corrected chi connectivity index (χ3v) is 1.36. The molecule has 0 saturated heterocycles. The Morgan fingerprint density at radius 1 is 1.23 bits per heavy atom. The van der Waals surface area contributed by atoms with Gasteiger partial charge in [-0.25, -0.2) is 0 Å². The molecule has 0 unspecified atom stereocenters. The Morgan fingerprint density at radius 3 is 2.38 bits per heavy atom. The summed E-state index contributed by atoms with van der Waals surface area (Å²) >= 11 is 0. The molecule has 68 valence electrons. The van der Waals surface area contributed by atoms with Gasteiger partial charge in [0.1, 0.15) is 6.11 Å². The molecule has 4 heteroatoms. The molecule has 0 heterocycles. The molecule has 1 aromatic rings. The van der Waals surface area contributed by atoms with E-state index in [1.807, 2.05) is 0 Å². The van der Waals surface area contributed by atoms with E-state index in [1.165, 1.54) is 18.2 Å². The van der Waals surface area contributed by atoms with Crippen LogP contribution in [0.1, 0.15) is 5.56 Å². The summed E-state index contributed by atoms with van der Waals surface area (Å²) in [5.41, 5.74) is -0.868. The maximum Gasteiger partial charge on any atom is 0.420 e. The second-order valence-corrected chi connectivity index (χ2v) is 2.21. The summed E-state index contributed by atoms with van der Waals surface area (Å²) in [6.45, 7) is 0. The van der Waals surface area contributed by atoms with E-state index in [1.54, 1.807) is 6.11 Å². The van der Waals surface area contributed by atoms with Gasteiger partial charge in [-0.05, 0) is 12.1 Å². The first-order valence-corrected chi connectivity index (χ1v) is 3.34. The standard InChI is InChI=1S/C9H5F3O/c1-2-13-8-6-4-3-5-7(8)9(10,11)12/h1,3-6H. The Hall–Kier alpha value is -1.63. The maximum atomic E-state index is 12.2. The SMILES string of the molecule is C#COc1ccccc1C(F)(F)F. The van der Waals surface area contributed by atoms with Crippen LogP contribution in [0.15, 0.2) is 24.3 Å². The van der Waals surface area contributed by atoms with Crippen molar-refractivity contribution in [2.45, 2.75) is 6.18 Å². The highest BCUT2D eigenvalue weighted by molar-refractivity contribution is 5.36. The lowest BCUT2D eigenvalue weighted by Gasteiger charge is -2.09. The summed E-state index contributed by atoms with van der Waals surface area (Å²) in [6, 6.07) is 4.77. The van der Waals surface area contributed by atoms with Gasteiger partial charge in [0.2, 0.25) is 0 Å². The Balaban J connectivity index is 3.14. The summed E-state index contributed by atoms with van der Waals surface area (Å²) in [7, 11) is 0. The zero-order valence-electron chi connectivity index (χ0n) is 6.43. The number of hydrogen-bond acceptors (Lipinski definition) is 1. The van der Waals surface area contributed by atoms with E-state index in [9.17, 15) is 13.2 Å². The molecule has 0 amide bonds. The molecular weight excluding hydrogens is 181 g/mol. The fraction of sp³-hybridized carbons (Fsp3) is 0.111. The Kier molecular flexibility index (Phi) is 2.47. The minimum atomic E-state index is -4.44. The van der Waals surface area contributed by atoms with Crippen molar-refractivity contribution in [3.05, 3.63) is 29.8 Å². The van der Waals surface area contributed by atoms with Crippen LogP contribution in [-0.2, 0) is 6.18 Å². The highest BCUT2D eigenvalue weighted by atomic mass is 19.4. The average molecular weight is 186 g/mol. The number of para-hydroxylation sites is 1. The predicted molar refractivity (Wildman–Crippen MR) is 40.9 cm³/mol. The third-order valence-electron chi connectivity index (χ3n) is 1.36. The van der Waals surface area contributed by atoms with E-state index in [-0.39, 0.29) is 5.75 Å². The van der Waals surface area contributed by atoms with E-state index in [4.69, 9.17) is 6.42 Å². The first kappa shape index (κ1) is 9.46. The summed E-state index contributed by atoms with van der Waals surface area (Å²) < 4.78 is 41.0. The van der Waals surface area contributed by atoms with E-state index in [2.05, 4.69) is 4.74 Å². The monoisotopic (exact) mass is 186 g/mol. The van der Waals surface area contributed by atoms with Gasteiger partial charge in [0.15, 0.2) is 5.75 Å². The van der Waals surface area contributed by atoms with Crippen molar-refractivity contribution in [3.8, 4) is 18.3 Å². The number of hydrogen-bond donors (Lipinski definition) is 0. The summed E-state index contributed by atoms with van der Waals surface area (Å²) in [5.74, 6) is -0.350. The number of halogens is 3. The molecule has 0 aliphatic rings. The van der Waals surface area contributed by atoms with Crippen LogP contribution in [0, 0.1) is 12.5 Å². The molecule has 13 heavy (non-hydrogen) atoms. The number of rotatable bonds is 1. The van der Waals surface area contributed by atoms with Gasteiger partial charge in [0, 0.05) is 0 Å². The van der Waals surface area contributed by atoms with Crippen molar-refractivity contribution in [1.82, 2.24) is 0 Å². The molecule has 0 saturated carbocycles. The van der Waals surface area contributed by atoms with Gasteiger partial charge in [-0.2, -0.15) is 13.2 Å². The first-order chi connectivity index (χ1) is 6.05. The number of terminal acetylenes is 1. The van der Waals surface area contributed by atoms with Crippen LogP contribution in [-0.4, -0.2) is 0 Å². The molecule has 0 N–H and O–H groups in total. The van der Waals surface area contributed by atoms with Gasteiger partial charge in [-0.3, -0.25) is 0 Å². The molecular formula is C9H5F3O. The van der Waals surface area contributed by atoms with Crippen LogP contribution in [0.2, 0.25) is 0 Å². The molecule has 0 spiro atoms.